The molecule has 2 aromatic rings. The van der Waals surface area contributed by atoms with Crippen LogP contribution in [0.1, 0.15) is 15.9 Å². The Morgan fingerprint density at radius 2 is 1.70 bits per heavy atom. The third-order valence-corrected chi connectivity index (χ3v) is 2.91. The molecule has 0 bridgehead atoms. The highest BCUT2D eigenvalue weighted by Gasteiger charge is 2.16. The van der Waals surface area contributed by atoms with Crippen LogP contribution in [0.25, 0.3) is 0 Å². The lowest BCUT2D eigenvalue weighted by Gasteiger charge is -2.09. The topological polar surface area (TPSA) is 61.5 Å². The van der Waals surface area contributed by atoms with Crippen molar-refractivity contribution in [2.75, 3.05) is 20.0 Å². The smallest absolute Gasteiger partial charge is 0.195 e. The summed E-state index contributed by atoms with van der Waals surface area (Å²) in [6, 6.07) is 8.87. The number of nitrogens with two attached hydrogens (primary N) is 1. The normalized spacial score (nSPS) is 10.2. The number of halogens is 1. The molecule has 0 fully saturated rings. The van der Waals surface area contributed by atoms with Gasteiger partial charge in [0.1, 0.15) is 17.3 Å². The van der Waals surface area contributed by atoms with Gasteiger partial charge < -0.3 is 15.2 Å². The molecule has 0 heterocycles. The summed E-state index contributed by atoms with van der Waals surface area (Å²) in [4.78, 5) is 12.4. The Morgan fingerprint density at radius 1 is 1.10 bits per heavy atom. The van der Waals surface area contributed by atoms with Crippen molar-refractivity contribution in [2.45, 2.75) is 0 Å². The number of carbonyl (C=O) groups excluding carboxylic acids is 1. The number of anilines is 1. The Hall–Kier alpha value is -2.56. The van der Waals surface area contributed by atoms with E-state index in [1.165, 1.54) is 32.4 Å². The van der Waals surface area contributed by atoms with E-state index in [9.17, 15) is 9.18 Å². The molecule has 0 aliphatic carbocycles. The number of ether oxygens (including phenoxy) is 2. The van der Waals surface area contributed by atoms with Crippen molar-refractivity contribution in [2.24, 2.45) is 0 Å². The Kier molecular flexibility index (Phi) is 3.89. The maximum Gasteiger partial charge on any atom is 0.195 e. The Bertz CT molecular complexity index is 633. The van der Waals surface area contributed by atoms with E-state index in [0.29, 0.717) is 17.1 Å². The SMILES string of the molecule is COc1cc(OC)cc(C(=O)c2cccc(F)c2N)c1. The minimum absolute atomic E-state index is 0.111. The maximum absolute atomic E-state index is 13.4. The summed E-state index contributed by atoms with van der Waals surface area (Å²) in [5, 5.41) is 0. The van der Waals surface area contributed by atoms with Crippen LogP contribution in [0.4, 0.5) is 10.1 Å². The first-order valence-corrected chi connectivity index (χ1v) is 5.88. The molecule has 2 N–H and O–H groups in total. The zero-order valence-electron chi connectivity index (χ0n) is 11.1. The van der Waals surface area contributed by atoms with Crippen molar-refractivity contribution in [3.8, 4) is 11.5 Å². The van der Waals surface area contributed by atoms with Gasteiger partial charge in [0.15, 0.2) is 5.78 Å². The lowest BCUT2D eigenvalue weighted by atomic mass is 10.0. The van der Waals surface area contributed by atoms with Crippen LogP contribution in [-0.4, -0.2) is 20.0 Å². The molecule has 5 heteroatoms. The minimum atomic E-state index is -0.620. The van der Waals surface area contributed by atoms with Crippen LogP contribution in [0.2, 0.25) is 0 Å². The van der Waals surface area contributed by atoms with E-state index in [2.05, 4.69) is 0 Å². The Labute approximate surface area is 115 Å². The van der Waals surface area contributed by atoms with Gasteiger partial charge in [-0.2, -0.15) is 0 Å². The fourth-order valence-electron chi connectivity index (χ4n) is 1.83. The van der Waals surface area contributed by atoms with Gasteiger partial charge in [-0.05, 0) is 24.3 Å². The largest absolute Gasteiger partial charge is 0.497 e. The minimum Gasteiger partial charge on any atom is -0.497 e. The average Bonchev–Trinajstić information content (AvgIpc) is 2.48. The van der Waals surface area contributed by atoms with Crippen molar-refractivity contribution >= 4 is 11.5 Å². The van der Waals surface area contributed by atoms with Gasteiger partial charge in [0.25, 0.3) is 0 Å². The molecule has 20 heavy (non-hydrogen) atoms. The Morgan fingerprint density at radius 3 is 2.25 bits per heavy atom. The molecule has 2 aromatic carbocycles. The predicted molar refractivity (Wildman–Crippen MR) is 73.8 cm³/mol. The molecule has 0 unspecified atom stereocenters. The molecule has 0 amide bonds. The number of ketones is 1. The third kappa shape index (κ3) is 2.56. The van der Waals surface area contributed by atoms with Gasteiger partial charge in [0.2, 0.25) is 0 Å². The number of rotatable bonds is 4. The number of para-hydroxylation sites is 1. The van der Waals surface area contributed by atoms with E-state index >= 15 is 0 Å². The van der Waals surface area contributed by atoms with Crippen LogP contribution in [0.15, 0.2) is 36.4 Å². The molecule has 104 valence electrons. The number of carbonyl (C=O) groups is 1. The van der Waals surface area contributed by atoms with E-state index in [1.807, 2.05) is 0 Å². The standard InChI is InChI=1S/C15H14FNO3/c1-19-10-6-9(7-11(8-10)20-2)15(18)12-4-3-5-13(16)14(12)17/h3-8H,17H2,1-2H3. The zero-order chi connectivity index (χ0) is 14.7. The van der Waals surface area contributed by atoms with Crippen LogP contribution in [0, 0.1) is 5.82 Å². The summed E-state index contributed by atoms with van der Waals surface area (Å²) in [5.74, 6) is -0.0599. The summed E-state index contributed by atoms with van der Waals surface area (Å²) in [5.41, 5.74) is 5.87. The molecule has 0 saturated carbocycles. The monoisotopic (exact) mass is 275 g/mol. The molecule has 0 saturated heterocycles. The molecule has 0 aliphatic heterocycles. The second-order valence-electron chi connectivity index (χ2n) is 4.13. The van der Waals surface area contributed by atoms with Gasteiger partial charge >= 0.3 is 0 Å². The van der Waals surface area contributed by atoms with Crippen LogP contribution in [0.5, 0.6) is 11.5 Å². The van der Waals surface area contributed by atoms with E-state index in [4.69, 9.17) is 15.2 Å². The van der Waals surface area contributed by atoms with Crippen LogP contribution < -0.4 is 15.2 Å². The second-order valence-corrected chi connectivity index (χ2v) is 4.13. The van der Waals surface area contributed by atoms with E-state index in [1.54, 1.807) is 18.2 Å². The average molecular weight is 275 g/mol. The molecular weight excluding hydrogens is 261 g/mol. The maximum atomic E-state index is 13.4. The number of methoxy groups -OCH3 is 2. The zero-order valence-corrected chi connectivity index (χ0v) is 11.1. The molecule has 0 radical (unpaired) electrons. The summed E-state index contributed by atoms with van der Waals surface area (Å²) >= 11 is 0. The van der Waals surface area contributed by atoms with Crippen molar-refractivity contribution in [3.05, 3.63) is 53.3 Å². The molecular formula is C15H14FNO3. The molecule has 0 aromatic heterocycles. The van der Waals surface area contributed by atoms with E-state index in [0.717, 1.165) is 0 Å². The van der Waals surface area contributed by atoms with Crippen molar-refractivity contribution < 1.29 is 18.7 Å². The second kappa shape index (κ2) is 5.61. The molecule has 0 aliphatic rings. The van der Waals surface area contributed by atoms with Gasteiger partial charge in [-0.3, -0.25) is 4.79 Å². The van der Waals surface area contributed by atoms with Gasteiger partial charge in [-0.1, -0.05) is 6.07 Å². The lowest BCUT2D eigenvalue weighted by molar-refractivity contribution is 0.103. The van der Waals surface area contributed by atoms with Crippen molar-refractivity contribution in [1.29, 1.82) is 0 Å². The Balaban J connectivity index is 2.50. The first kappa shape index (κ1) is 13.9. The predicted octanol–water partition coefficient (Wildman–Crippen LogP) is 2.66. The van der Waals surface area contributed by atoms with E-state index in [-0.39, 0.29) is 17.0 Å². The number of hydrogen-bond donors (Lipinski definition) is 1. The number of nitrogen functional groups attached to an aromatic ring is 1. The molecule has 2 rings (SSSR count). The number of benzene rings is 2. The fraction of sp³-hybridized carbons (Fsp3) is 0.133. The summed E-state index contributed by atoms with van der Waals surface area (Å²) in [6.45, 7) is 0. The van der Waals surface area contributed by atoms with Gasteiger partial charge in [-0.25, -0.2) is 4.39 Å². The fourth-order valence-corrected chi connectivity index (χ4v) is 1.83. The molecule has 4 nitrogen and oxygen atoms in total. The molecule has 0 spiro atoms. The molecule has 0 atom stereocenters. The van der Waals surface area contributed by atoms with Crippen molar-refractivity contribution in [3.63, 3.8) is 0 Å². The third-order valence-electron chi connectivity index (χ3n) is 2.91. The highest BCUT2D eigenvalue weighted by Crippen LogP contribution is 2.26. The first-order valence-electron chi connectivity index (χ1n) is 5.88. The number of hydrogen-bond acceptors (Lipinski definition) is 4. The van der Waals surface area contributed by atoms with Gasteiger partial charge in [0.05, 0.1) is 19.9 Å². The quantitative estimate of drug-likeness (QED) is 0.688. The van der Waals surface area contributed by atoms with E-state index < -0.39 is 5.82 Å². The van der Waals surface area contributed by atoms with Gasteiger partial charge in [0, 0.05) is 17.2 Å². The summed E-state index contributed by atoms with van der Waals surface area (Å²) in [7, 11) is 2.97. The van der Waals surface area contributed by atoms with Crippen LogP contribution in [-0.2, 0) is 0 Å². The summed E-state index contributed by atoms with van der Waals surface area (Å²) < 4.78 is 23.6. The lowest BCUT2D eigenvalue weighted by Crippen LogP contribution is -2.07. The van der Waals surface area contributed by atoms with Crippen LogP contribution >= 0.6 is 0 Å². The highest BCUT2D eigenvalue weighted by atomic mass is 19.1. The highest BCUT2D eigenvalue weighted by molar-refractivity contribution is 6.12. The van der Waals surface area contributed by atoms with Crippen LogP contribution in [0.3, 0.4) is 0 Å². The summed E-state index contributed by atoms with van der Waals surface area (Å²) in [6.07, 6.45) is 0. The van der Waals surface area contributed by atoms with Gasteiger partial charge in [-0.15, -0.1) is 0 Å². The first-order chi connectivity index (χ1) is 9.56. The van der Waals surface area contributed by atoms with Crippen molar-refractivity contribution in [1.82, 2.24) is 0 Å².